The predicted octanol–water partition coefficient (Wildman–Crippen LogP) is 3.37. The first kappa shape index (κ1) is 10.9. The molecule has 2 N–H and O–H groups in total. The van der Waals surface area contributed by atoms with Crippen molar-refractivity contribution >= 4 is 22.0 Å². The van der Waals surface area contributed by atoms with Crippen molar-refractivity contribution in [2.45, 2.75) is 20.3 Å². The average molecular weight is 266 g/mol. The number of nitrogens with two attached hydrogens (primary N) is 1. The molecule has 0 saturated carbocycles. The van der Waals surface area contributed by atoms with Crippen LogP contribution in [0.1, 0.15) is 25.0 Å². The maximum absolute atomic E-state index is 5.80. The molecular weight excluding hydrogens is 250 g/mol. The van der Waals surface area contributed by atoms with E-state index in [1.807, 2.05) is 0 Å². The van der Waals surface area contributed by atoms with Gasteiger partial charge in [0.25, 0.3) is 0 Å². The molecule has 0 heterocycles. The summed E-state index contributed by atoms with van der Waals surface area (Å²) in [6, 6.07) is 6.47. The second-order valence-electron chi connectivity index (χ2n) is 4.78. The summed E-state index contributed by atoms with van der Waals surface area (Å²) in [7, 11) is 0. The zero-order valence-electron chi connectivity index (χ0n) is 9.18. The maximum atomic E-state index is 5.80. The van der Waals surface area contributed by atoms with E-state index in [9.17, 15) is 0 Å². The van der Waals surface area contributed by atoms with Gasteiger partial charge in [-0.05, 0) is 35.1 Å². The van der Waals surface area contributed by atoms with E-state index in [1.165, 1.54) is 16.7 Å². The van der Waals surface area contributed by atoms with Gasteiger partial charge in [-0.3, -0.25) is 0 Å². The van der Waals surface area contributed by atoms with Gasteiger partial charge in [0, 0.05) is 11.0 Å². The lowest BCUT2D eigenvalue weighted by Gasteiger charge is -2.24. The normalized spacial score (nSPS) is 15.1. The van der Waals surface area contributed by atoms with Crippen LogP contribution in [0.25, 0.3) is 6.08 Å². The van der Waals surface area contributed by atoms with Crippen LogP contribution in [0.2, 0.25) is 0 Å². The Hall–Kier alpha value is -0.600. The van der Waals surface area contributed by atoms with Crippen LogP contribution in [0.15, 0.2) is 28.2 Å². The largest absolute Gasteiger partial charge is 0.330 e. The summed E-state index contributed by atoms with van der Waals surface area (Å²) in [5.74, 6) is 0. The minimum absolute atomic E-state index is 0.117. The van der Waals surface area contributed by atoms with Crippen molar-refractivity contribution in [2.24, 2.45) is 11.1 Å². The number of hydrogen-bond donors (Lipinski definition) is 1. The fourth-order valence-corrected chi connectivity index (χ4v) is 2.25. The monoisotopic (exact) mass is 265 g/mol. The van der Waals surface area contributed by atoms with Gasteiger partial charge in [-0.15, -0.1) is 0 Å². The first-order valence-electron chi connectivity index (χ1n) is 5.22. The van der Waals surface area contributed by atoms with Gasteiger partial charge in [0.15, 0.2) is 0 Å². The van der Waals surface area contributed by atoms with E-state index in [-0.39, 0.29) is 5.41 Å². The Kier molecular flexibility index (Phi) is 2.73. The van der Waals surface area contributed by atoms with Crippen LogP contribution >= 0.6 is 15.9 Å². The minimum atomic E-state index is 0.117. The van der Waals surface area contributed by atoms with Crippen molar-refractivity contribution in [3.8, 4) is 0 Å². The SMILES string of the molecule is CC(C)(CN)C1=Cc2cc(Br)ccc2C1. The lowest BCUT2D eigenvalue weighted by molar-refractivity contribution is 0.456. The Morgan fingerprint density at radius 1 is 1.40 bits per heavy atom. The highest BCUT2D eigenvalue weighted by Gasteiger charge is 2.25. The summed E-state index contributed by atoms with van der Waals surface area (Å²) >= 11 is 3.50. The van der Waals surface area contributed by atoms with Crippen LogP contribution < -0.4 is 5.73 Å². The molecule has 2 rings (SSSR count). The Balaban J connectivity index is 2.35. The van der Waals surface area contributed by atoms with Crippen molar-refractivity contribution < 1.29 is 0 Å². The molecule has 15 heavy (non-hydrogen) atoms. The first-order valence-corrected chi connectivity index (χ1v) is 6.02. The molecule has 0 unspecified atom stereocenters. The molecular formula is C13H16BrN. The Labute approximate surface area is 99.5 Å². The number of fused-ring (bicyclic) bond motifs is 1. The topological polar surface area (TPSA) is 26.0 Å². The van der Waals surface area contributed by atoms with Crippen molar-refractivity contribution in [1.82, 2.24) is 0 Å². The molecule has 0 saturated heterocycles. The molecule has 80 valence electrons. The molecule has 0 aromatic heterocycles. The molecule has 0 atom stereocenters. The van der Waals surface area contributed by atoms with E-state index in [0.29, 0.717) is 6.54 Å². The summed E-state index contributed by atoms with van der Waals surface area (Å²) in [5.41, 5.74) is 10.1. The standard InChI is InChI=1S/C13H16BrN/c1-13(2,8-15)11-5-9-3-4-12(14)7-10(9)6-11/h3-4,6-7H,5,8,15H2,1-2H3. The molecule has 1 aliphatic rings. The molecule has 2 heteroatoms. The second-order valence-corrected chi connectivity index (χ2v) is 5.69. The van der Waals surface area contributed by atoms with Gasteiger partial charge in [-0.1, -0.05) is 47.5 Å². The van der Waals surface area contributed by atoms with E-state index in [4.69, 9.17) is 5.73 Å². The van der Waals surface area contributed by atoms with Gasteiger partial charge in [0.2, 0.25) is 0 Å². The molecule has 0 bridgehead atoms. The van der Waals surface area contributed by atoms with E-state index < -0.39 is 0 Å². The van der Waals surface area contributed by atoms with E-state index in [2.05, 4.69) is 54.1 Å². The zero-order chi connectivity index (χ0) is 11.1. The van der Waals surface area contributed by atoms with Crippen molar-refractivity contribution in [2.75, 3.05) is 6.54 Å². The highest BCUT2D eigenvalue weighted by molar-refractivity contribution is 9.10. The smallest absolute Gasteiger partial charge is 0.0181 e. The van der Waals surface area contributed by atoms with Gasteiger partial charge in [-0.2, -0.15) is 0 Å². The third kappa shape index (κ3) is 2.01. The van der Waals surface area contributed by atoms with Crippen LogP contribution in [0.3, 0.4) is 0 Å². The van der Waals surface area contributed by atoms with E-state index >= 15 is 0 Å². The number of halogens is 1. The van der Waals surface area contributed by atoms with Crippen LogP contribution in [0, 0.1) is 5.41 Å². The van der Waals surface area contributed by atoms with Gasteiger partial charge in [-0.25, -0.2) is 0 Å². The van der Waals surface area contributed by atoms with Crippen LogP contribution in [-0.4, -0.2) is 6.54 Å². The highest BCUT2D eigenvalue weighted by Crippen LogP contribution is 2.36. The predicted molar refractivity (Wildman–Crippen MR) is 68.7 cm³/mol. The van der Waals surface area contributed by atoms with Crippen molar-refractivity contribution in [3.05, 3.63) is 39.4 Å². The van der Waals surface area contributed by atoms with Crippen LogP contribution in [0.5, 0.6) is 0 Å². The summed E-state index contributed by atoms with van der Waals surface area (Å²) < 4.78 is 1.14. The van der Waals surface area contributed by atoms with Gasteiger partial charge in [0.1, 0.15) is 0 Å². The number of hydrogen-bond acceptors (Lipinski definition) is 1. The first-order chi connectivity index (χ1) is 7.03. The fraction of sp³-hybridized carbons (Fsp3) is 0.385. The van der Waals surface area contributed by atoms with Crippen LogP contribution in [0.4, 0.5) is 0 Å². The summed E-state index contributed by atoms with van der Waals surface area (Å²) in [6.07, 6.45) is 3.33. The number of benzene rings is 1. The lowest BCUT2D eigenvalue weighted by Crippen LogP contribution is -2.25. The second kappa shape index (κ2) is 3.76. The number of rotatable bonds is 2. The van der Waals surface area contributed by atoms with Crippen molar-refractivity contribution in [1.29, 1.82) is 0 Å². The molecule has 0 spiro atoms. The third-order valence-electron chi connectivity index (χ3n) is 3.20. The van der Waals surface area contributed by atoms with Crippen LogP contribution in [-0.2, 0) is 6.42 Å². The summed E-state index contributed by atoms with van der Waals surface area (Å²) in [4.78, 5) is 0. The Bertz CT molecular complexity index is 419. The molecule has 0 radical (unpaired) electrons. The Morgan fingerprint density at radius 3 is 2.80 bits per heavy atom. The van der Waals surface area contributed by atoms with Crippen molar-refractivity contribution in [3.63, 3.8) is 0 Å². The molecule has 1 nitrogen and oxygen atoms in total. The van der Waals surface area contributed by atoms with E-state index in [0.717, 1.165) is 10.9 Å². The quantitative estimate of drug-likeness (QED) is 0.872. The molecule has 0 amide bonds. The van der Waals surface area contributed by atoms with E-state index in [1.54, 1.807) is 0 Å². The van der Waals surface area contributed by atoms with Gasteiger partial charge >= 0.3 is 0 Å². The molecule has 1 aliphatic carbocycles. The van der Waals surface area contributed by atoms with Gasteiger partial charge < -0.3 is 5.73 Å². The molecule has 0 aliphatic heterocycles. The minimum Gasteiger partial charge on any atom is -0.330 e. The lowest BCUT2D eigenvalue weighted by atomic mass is 9.83. The third-order valence-corrected chi connectivity index (χ3v) is 3.69. The molecule has 0 fully saturated rings. The highest BCUT2D eigenvalue weighted by atomic mass is 79.9. The van der Waals surface area contributed by atoms with Gasteiger partial charge in [0.05, 0.1) is 0 Å². The Morgan fingerprint density at radius 2 is 2.13 bits per heavy atom. The average Bonchev–Trinajstić information content (AvgIpc) is 2.61. The fourth-order valence-electron chi connectivity index (χ4n) is 1.87. The molecule has 1 aromatic carbocycles. The zero-order valence-corrected chi connectivity index (χ0v) is 10.8. The molecule has 1 aromatic rings. The maximum Gasteiger partial charge on any atom is 0.0181 e. The summed E-state index contributed by atoms with van der Waals surface area (Å²) in [6.45, 7) is 5.12. The summed E-state index contributed by atoms with van der Waals surface area (Å²) in [5, 5.41) is 0.